The van der Waals surface area contributed by atoms with Crippen LogP contribution in [0.25, 0.3) is 0 Å². The molecule has 2 amide bonds. The van der Waals surface area contributed by atoms with Crippen molar-refractivity contribution in [3.63, 3.8) is 0 Å². The Kier molecular flexibility index (Phi) is 14.4. The van der Waals surface area contributed by atoms with Gasteiger partial charge in [0, 0.05) is 0 Å². The first-order valence-corrected chi connectivity index (χ1v) is 20.6. The third-order valence-corrected chi connectivity index (χ3v) is 10.5. The van der Waals surface area contributed by atoms with Crippen molar-refractivity contribution in [2.75, 3.05) is 6.61 Å². The number of benzene rings is 6. The largest absolute Gasteiger partial charge is 0.489 e. The second-order valence-corrected chi connectivity index (χ2v) is 15.1. The van der Waals surface area contributed by atoms with E-state index in [1.165, 1.54) is 11.0 Å². The number of hydrogen-bond acceptors (Lipinski definition) is 8. The molecule has 1 unspecified atom stereocenters. The SMILES string of the molecule is C=CCO[C@H]1[C@@H](NC(=O)C(C(=O)OC(c2ccccc2)c2ccccc2)c2ccc(OCc3ccccc3)cc2)C(=O)N1C(C(=O)OC(c1ccccc1)c1ccccc1)=C(C)C. The van der Waals surface area contributed by atoms with Crippen LogP contribution < -0.4 is 10.1 Å². The van der Waals surface area contributed by atoms with Crippen molar-refractivity contribution in [3.8, 4) is 5.75 Å². The Morgan fingerprint density at radius 2 is 1.10 bits per heavy atom. The molecule has 6 aromatic rings. The highest BCUT2D eigenvalue weighted by molar-refractivity contribution is 6.07. The van der Waals surface area contributed by atoms with E-state index in [1.54, 1.807) is 38.1 Å². The molecule has 1 fully saturated rings. The Hall–Kier alpha value is -7.56. The van der Waals surface area contributed by atoms with Crippen LogP contribution in [0.3, 0.4) is 0 Å². The number of nitrogens with zero attached hydrogens (tertiary/aromatic N) is 1. The molecule has 0 saturated carbocycles. The van der Waals surface area contributed by atoms with Crippen LogP contribution in [0.4, 0.5) is 0 Å². The number of esters is 2. The number of allylic oxidation sites excluding steroid dienone is 1. The molecule has 1 aliphatic heterocycles. The van der Waals surface area contributed by atoms with Gasteiger partial charge in [-0.1, -0.05) is 170 Å². The van der Waals surface area contributed by atoms with Gasteiger partial charge in [0.05, 0.1) is 6.61 Å². The van der Waals surface area contributed by atoms with Crippen LogP contribution in [-0.2, 0) is 40.0 Å². The summed E-state index contributed by atoms with van der Waals surface area (Å²) in [7, 11) is 0. The molecular formula is C53H48N2O8. The van der Waals surface area contributed by atoms with Crippen LogP contribution in [0.1, 0.15) is 65.4 Å². The summed E-state index contributed by atoms with van der Waals surface area (Å²) in [6.07, 6.45) is -1.30. The van der Waals surface area contributed by atoms with Crippen LogP contribution in [0, 0.1) is 0 Å². The van der Waals surface area contributed by atoms with Crippen molar-refractivity contribution in [2.45, 2.75) is 50.8 Å². The lowest BCUT2D eigenvalue weighted by Gasteiger charge is -2.47. The molecule has 10 nitrogen and oxygen atoms in total. The van der Waals surface area contributed by atoms with Crippen LogP contribution in [0.5, 0.6) is 5.75 Å². The van der Waals surface area contributed by atoms with Gasteiger partial charge >= 0.3 is 11.9 Å². The van der Waals surface area contributed by atoms with E-state index in [2.05, 4.69) is 11.9 Å². The number of carbonyl (C=O) groups excluding carboxylic acids is 4. The van der Waals surface area contributed by atoms with Crippen molar-refractivity contribution in [2.24, 2.45) is 0 Å². The first kappa shape index (κ1) is 43.5. The average molecular weight is 841 g/mol. The molecule has 318 valence electrons. The Morgan fingerprint density at radius 3 is 1.56 bits per heavy atom. The van der Waals surface area contributed by atoms with Gasteiger partial charge < -0.3 is 24.3 Å². The predicted molar refractivity (Wildman–Crippen MR) is 239 cm³/mol. The normalized spacial score (nSPS) is 14.9. The Labute approximate surface area is 367 Å². The van der Waals surface area contributed by atoms with Crippen LogP contribution in [0.15, 0.2) is 200 Å². The minimum absolute atomic E-state index is 0.0195. The highest BCUT2D eigenvalue weighted by atomic mass is 16.6. The lowest BCUT2D eigenvalue weighted by Crippen LogP contribution is -2.72. The van der Waals surface area contributed by atoms with Gasteiger partial charge in [-0.15, -0.1) is 6.58 Å². The molecule has 6 aromatic carbocycles. The van der Waals surface area contributed by atoms with E-state index in [4.69, 9.17) is 18.9 Å². The maximum Gasteiger partial charge on any atom is 0.356 e. The van der Waals surface area contributed by atoms with E-state index in [9.17, 15) is 19.2 Å². The molecule has 10 heteroatoms. The minimum atomic E-state index is -1.53. The molecule has 3 atom stereocenters. The number of β-lactam (4-membered cyclic amide) rings is 1. The maximum absolute atomic E-state index is 14.6. The molecule has 0 spiro atoms. The van der Waals surface area contributed by atoms with Crippen molar-refractivity contribution in [3.05, 3.63) is 233 Å². The second kappa shape index (κ2) is 20.8. The lowest BCUT2D eigenvalue weighted by molar-refractivity contribution is -0.181. The summed E-state index contributed by atoms with van der Waals surface area (Å²) in [5, 5.41) is 2.78. The topological polar surface area (TPSA) is 120 Å². The fourth-order valence-electron chi connectivity index (χ4n) is 7.36. The zero-order valence-electron chi connectivity index (χ0n) is 35.0. The summed E-state index contributed by atoms with van der Waals surface area (Å²) in [5.74, 6) is -4.07. The molecular weight excluding hydrogens is 793 g/mol. The van der Waals surface area contributed by atoms with E-state index in [0.717, 1.165) is 16.7 Å². The Bertz CT molecular complexity index is 2430. The van der Waals surface area contributed by atoms with Gasteiger partial charge in [-0.2, -0.15) is 0 Å². The number of rotatable bonds is 18. The first-order chi connectivity index (χ1) is 30.7. The summed E-state index contributed by atoms with van der Waals surface area (Å²) in [6, 6.07) is 52.0. The van der Waals surface area contributed by atoms with E-state index < -0.39 is 54.1 Å². The number of carbonyl (C=O) groups is 4. The summed E-state index contributed by atoms with van der Waals surface area (Å²) in [5.41, 5.74) is 4.59. The highest BCUT2D eigenvalue weighted by Gasteiger charge is 2.54. The highest BCUT2D eigenvalue weighted by Crippen LogP contribution is 2.35. The Balaban J connectivity index is 1.17. The predicted octanol–water partition coefficient (Wildman–Crippen LogP) is 9.16. The fraction of sp³-hybridized carbons (Fsp3) is 0.170. The standard InChI is InChI=1S/C53H48N2O8/c1-4-34-60-51-45(50(57)55(51)46(36(2)3)53(59)63-48(41-26-16-8-17-27-41)42-28-18-9-19-29-42)54-49(56)44(38-30-32-43(33-31-38)61-35-37-20-10-5-11-21-37)52(58)62-47(39-22-12-6-13-23-39)40-24-14-7-15-25-40/h4-33,44-45,47-48,51H,1,34-35H2,2-3H3,(H,54,56)/t44?,45-,51-/m0/s1. The van der Waals surface area contributed by atoms with Crippen LogP contribution in [-0.4, -0.2) is 47.5 Å². The molecule has 0 bridgehead atoms. The summed E-state index contributed by atoms with van der Waals surface area (Å²) >= 11 is 0. The lowest BCUT2D eigenvalue weighted by atomic mass is 9.95. The quantitative estimate of drug-likeness (QED) is 0.0299. The van der Waals surface area contributed by atoms with Gasteiger partial charge in [0.15, 0.2) is 30.4 Å². The zero-order valence-corrected chi connectivity index (χ0v) is 35.0. The van der Waals surface area contributed by atoms with E-state index in [1.807, 2.05) is 152 Å². The number of likely N-dealkylation sites (tertiary alicyclic amines) is 1. The van der Waals surface area contributed by atoms with Crippen molar-refractivity contribution < 1.29 is 38.1 Å². The van der Waals surface area contributed by atoms with Gasteiger partial charge in [0.2, 0.25) is 5.91 Å². The molecule has 63 heavy (non-hydrogen) atoms. The first-order valence-electron chi connectivity index (χ1n) is 20.6. The Morgan fingerprint density at radius 1 is 0.635 bits per heavy atom. The molecule has 0 aliphatic carbocycles. The number of amides is 2. The van der Waals surface area contributed by atoms with Crippen LogP contribution in [0.2, 0.25) is 0 Å². The van der Waals surface area contributed by atoms with Crippen LogP contribution >= 0.6 is 0 Å². The number of ether oxygens (including phenoxy) is 4. The molecule has 1 saturated heterocycles. The third kappa shape index (κ3) is 10.5. The molecule has 0 radical (unpaired) electrons. The van der Waals surface area contributed by atoms with Crippen molar-refractivity contribution in [1.82, 2.24) is 10.2 Å². The molecule has 7 rings (SSSR count). The van der Waals surface area contributed by atoms with Crippen molar-refractivity contribution >= 4 is 23.8 Å². The summed E-state index contributed by atoms with van der Waals surface area (Å²) in [4.78, 5) is 58.8. The minimum Gasteiger partial charge on any atom is -0.489 e. The van der Waals surface area contributed by atoms with Gasteiger partial charge in [0.1, 0.15) is 18.1 Å². The van der Waals surface area contributed by atoms with Gasteiger partial charge in [-0.25, -0.2) is 4.79 Å². The average Bonchev–Trinajstić information content (AvgIpc) is 3.32. The number of hydrogen-bond donors (Lipinski definition) is 1. The van der Waals surface area contributed by atoms with E-state index in [0.29, 0.717) is 34.6 Å². The van der Waals surface area contributed by atoms with Gasteiger partial charge in [-0.3, -0.25) is 19.3 Å². The number of nitrogens with one attached hydrogen (secondary N) is 1. The van der Waals surface area contributed by atoms with Gasteiger partial charge in [-0.05, 0) is 64.9 Å². The fourth-order valence-corrected chi connectivity index (χ4v) is 7.36. The third-order valence-electron chi connectivity index (χ3n) is 10.5. The zero-order chi connectivity index (χ0) is 44.1. The maximum atomic E-state index is 14.6. The second-order valence-electron chi connectivity index (χ2n) is 15.1. The van der Waals surface area contributed by atoms with E-state index in [-0.39, 0.29) is 12.3 Å². The smallest absolute Gasteiger partial charge is 0.356 e. The van der Waals surface area contributed by atoms with Crippen molar-refractivity contribution in [1.29, 1.82) is 0 Å². The summed E-state index contributed by atoms with van der Waals surface area (Å²) < 4.78 is 24.5. The molecule has 1 heterocycles. The van der Waals surface area contributed by atoms with Gasteiger partial charge in [0.25, 0.3) is 5.91 Å². The summed E-state index contributed by atoms with van der Waals surface area (Å²) in [6.45, 7) is 7.43. The monoisotopic (exact) mass is 840 g/mol. The molecule has 0 aromatic heterocycles. The van der Waals surface area contributed by atoms with E-state index >= 15 is 0 Å². The molecule has 1 aliphatic rings. The molecule has 1 N–H and O–H groups in total.